The van der Waals surface area contributed by atoms with Crippen LogP contribution in [0.3, 0.4) is 0 Å². The molecule has 2 aromatic heterocycles. The Morgan fingerprint density at radius 3 is 3.23 bits per heavy atom. The lowest BCUT2D eigenvalue weighted by atomic mass is 10.4. The smallest absolute Gasteiger partial charge is 0.149 e. The van der Waals surface area contributed by atoms with Crippen LogP contribution in [0.5, 0.6) is 0 Å². The van der Waals surface area contributed by atoms with E-state index < -0.39 is 0 Å². The number of nitrogens with zero attached hydrogens (tertiary/aromatic N) is 5. The summed E-state index contributed by atoms with van der Waals surface area (Å²) in [5.74, 6) is 5.26. The van der Waals surface area contributed by atoms with E-state index in [1.807, 2.05) is 0 Å². The molecule has 0 aliphatic heterocycles. The molecule has 7 nitrogen and oxygen atoms in total. The Balaban J connectivity index is 2.18. The van der Waals surface area contributed by atoms with Crippen LogP contribution in [-0.2, 0) is 6.54 Å². The van der Waals surface area contributed by atoms with E-state index in [9.17, 15) is 0 Å². The fourth-order valence-electron chi connectivity index (χ4n) is 0.890. The highest BCUT2D eigenvalue weighted by Crippen LogP contribution is 2.16. The van der Waals surface area contributed by atoms with Gasteiger partial charge in [-0.2, -0.15) is 5.10 Å². The maximum atomic E-state index is 5.26. The zero-order valence-electron chi connectivity index (χ0n) is 6.58. The summed E-state index contributed by atoms with van der Waals surface area (Å²) < 4.78 is 5.41. The highest BCUT2D eigenvalue weighted by Gasteiger charge is 2.06. The summed E-state index contributed by atoms with van der Waals surface area (Å²) in [5, 5.41) is 8.59. The monoisotopic (exact) mass is 197 g/mol. The van der Waals surface area contributed by atoms with Gasteiger partial charge in [-0.15, -0.1) is 5.10 Å². The molecule has 0 saturated carbocycles. The van der Waals surface area contributed by atoms with Crippen molar-refractivity contribution in [3.63, 3.8) is 0 Å². The molecule has 3 N–H and O–H groups in total. The number of hydrazine groups is 1. The molecule has 2 aromatic rings. The highest BCUT2D eigenvalue weighted by atomic mass is 32.1. The van der Waals surface area contributed by atoms with Crippen LogP contribution in [0.2, 0.25) is 0 Å². The molecule has 0 bridgehead atoms. The summed E-state index contributed by atoms with van der Waals surface area (Å²) in [6.45, 7) is 0.524. The lowest BCUT2D eigenvalue weighted by Gasteiger charge is -1.98. The predicted molar refractivity (Wildman–Crippen MR) is 46.8 cm³/mol. The third-order valence-electron chi connectivity index (χ3n) is 1.47. The fourth-order valence-corrected chi connectivity index (χ4v) is 1.37. The van der Waals surface area contributed by atoms with E-state index in [-0.39, 0.29) is 0 Å². The molecular formula is C5H7N7S. The van der Waals surface area contributed by atoms with E-state index in [2.05, 4.69) is 25.1 Å². The summed E-state index contributed by atoms with van der Waals surface area (Å²) in [5.41, 5.74) is 3.28. The van der Waals surface area contributed by atoms with E-state index >= 15 is 0 Å². The molecule has 0 fully saturated rings. The van der Waals surface area contributed by atoms with Crippen LogP contribution >= 0.6 is 11.5 Å². The summed E-state index contributed by atoms with van der Waals surface area (Å²) in [7, 11) is 0. The van der Waals surface area contributed by atoms with Crippen molar-refractivity contribution >= 4 is 16.5 Å². The van der Waals surface area contributed by atoms with Gasteiger partial charge in [0.1, 0.15) is 23.3 Å². The molecule has 0 aliphatic rings. The minimum atomic E-state index is 0.524. The van der Waals surface area contributed by atoms with E-state index in [0.717, 1.165) is 10.7 Å². The molecule has 2 heterocycles. The molecule has 0 radical (unpaired) electrons. The lowest BCUT2D eigenvalue weighted by molar-refractivity contribution is 0.669. The Hall–Kier alpha value is -1.54. The van der Waals surface area contributed by atoms with Crippen LogP contribution in [0.1, 0.15) is 5.69 Å². The Morgan fingerprint density at radius 2 is 2.54 bits per heavy atom. The maximum absolute atomic E-state index is 5.26. The summed E-state index contributed by atoms with van der Waals surface area (Å²) in [6, 6.07) is 0. The summed E-state index contributed by atoms with van der Waals surface area (Å²) >= 11 is 1.21. The minimum Gasteiger partial charge on any atom is -0.313 e. The van der Waals surface area contributed by atoms with Gasteiger partial charge in [-0.1, -0.05) is 4.49 Å². The normalized spacial score (nSPS) is 10.2. The van der Waals surface area contributed by atoms with Gasteiger partial charge in [0.15, 0.2) is 0 Å². The first-order valence-corrected chi connectivity index (χ1v) is 4.27. The molecule has 0 amide bonds. The summed E-state index contributed by atoms with van der Waals surface area (Å²) in [4.78, 5) is 3.81. The molecule has 2 rings (SSSR count). The highest BCUT2D eigenvalue weighted by molar-refractivity contribution is 7.10. The average Bonchev–Trinajstić information content (AvgIpc) is 2.76. The second-order valence-corrected chi connectivity index (χ2v) is 3.04. The molecule has 0 aliphatic carbocycles. The molecule has 0 aromatic carbocycles. The molecule has 8 heteroatoms. The fraction of sp³-hybridized carbons (Fsp3) is 0.200. The van der Waals surface area contributed by atoms with E-state index in [1.54, 1.807) is 11.0 Å². The van der Waals surface area contributed by atoms with Crippen molar-refractivity contribution in [2.75, 3.05) is 5.43 Å². The van der Waals surface area contributed by atoms with E-state index in [4.69, 9.17) is 5.84 Å². The van der Waals surface area contributed by atoms with Crippen LogP contribution in [0, 0.1) is 0 Å². The Bertz CT molecular complexity index is 366. The number of anilines is 1. The third-order valence-corrected chi connectivity index (χ3v) is 2.16. The second kappa shape index (κ2) is 3.46. The SMILES string of the molecule is NNc1snnc1Cn1cncn1. The van der Waals surface area contributed by atoms with Gasteiger partial charge < -0.3 is 5.43 Å². The van der Waals surface area contributed by atoms with Gasteiger partial charge in [0.05, 0.1) is 6.54 Å². The van der Waals surface area contributed by atoms with E-state index in [0.29, 0.717) is 6.54 Å². The molecule has 0 atom stereocenters. The number of nitrogens with one attached hydrogen (secondary N) is 1. The topological polar surface area (TPSA) is 94.5 Å². The van der Waals surface area contributed by atoms with Gasteiger partial charge in [-0.25, -0.2) is 15.5 Å². The van der Waals surface area contributed by atoms with Crippen LogP contribution in [0.15, 0.2) is 12.7 Å². The van der Waals surface area contributed by atoms with Crippen LogP contribution in [0.25, 0.3) is 0 Å². The Kier molecular flexibility index (Phi) is 2.15. The van der Waals surface area contributed by atoms with Crippen molar-refractivity contribution in [1.29, 1.82) is 0 Å². The second-order valence-electron chi connectivity index (χ2n) is 2.29. The van der Waals surface area contributed by atoms with Crippen molar-refractivity contribution in [3.8, 4) is 0 Å². The molecule has 0 saturated heterocycles. The van der Waals surface area contributed by atoms with Crippen LogP contribution in [0.4, 0.5) is 5.00 Å². The van der Waals surface area contributed by atoms with Crippen molar-refractivity contribution in [2.24, 2.45) is 5.84 Å². The van der Waals surface area contributed by atoms with Crippen LogP contribution < -0.4 is 11.3 Å². The maximum Gasteiger partial charge on any atom is 0.149 e. The summed E-state index contributed by atoms with van der Waals surface area (Å²) in [6.07, 6.45) is 3.08. The number of hydrogen-bond donors (Lipinski definition) is 2. The standard InChI is InChI=1S/C5H7N7S/c6-9-5-4(10-11-13-5)1-12-3-7-2-8-12/h2-3,9H,1,6H2. The molecule has 0 unspecified atom stereocenters. The van der Waals surface area contributed by atoms with E-state index in [1.165, 1.54) is 17.9 Å². The Labute approximate surface area is 77.7 Å². The minimum absolute atomic E-state index is 0.524. The van der Waals surface area contributed by atoms with Crippen molar-refractivity contribution in [2.45, 2.75) is 6.54 Å². The quantitative estimate of drug-likeness (QED) is 0.507. The molecule has 68 valence electrons. The predicted octanol–water partition coefficient (Wildman–Crippen LogP) is -0.537. The van der Waals surface area contributed by atoms with Gasteiger partial charge in [0.2, 0.25) is 0 Å². The van der Waals surface area contributed by atoms with Gasteiger partial charge in [0, 0.05) is 11.5 Å². The van der Waals surface area contributed by atoms with Crippen molar-refractivity contribution in [3.05, 3.63) is 18.3 Å². The van der Waals surface area contributed by atoms with Gasteiger partial charge in [-0.3, -0.25) is 0 Å². The zero-order chi connectivity index (χ0) is 9.10. The van der Waals surface area contributed by atoms with Gasteiger partial charge in [0.25, 0.3) is 0 Å². The zero-order valence-corrected chi connectivity index (χ0v) is 7.40. The third kappa shape index (κ3) is 1.63. The average molecular weight is 197 g/mol. The Morgan fingerprint density at radius 1 is 1.62 bits per heavy atom. The van der Waals surface area contributed by atoms with Gasteiger partial charge >= 0.3 is 0 Å². The number of hydrogen-bond acceptors (Lipinski definition) is 7. The van der Waals surface area contributed by atoms with Crippen molar-refractivity contribution < 1.29 is 0 Å². The number of rotatable bonds is 3. The first-order chi connectivity index (χ1) is 6.40. The first-order valence-electron chi connectivity index (χ1n) is 3.50. The van der Waals surface area contributed by atoms with Crippen LogP contribution in [-0.4, -0.2) is 24.4 Å². The largest absolute Gasteiger partial charge is 0.313 e. The van der Waals surface area contributed by atoms with Gasteiger partial charge in [-0.05, 0) is 0 Å². The molecule has 0 spiro atoms. The number of nitrogens with two attached hydrogens (primary N) is 1. The number of nitrogen functional groups attached to an aromatic ring is 1. The van der Waals surface area contributed by atoms with Crippen molar-refractivity contribution in [1.82, 2.24) is 24.4 Å². The molecule has 13 heavy (non-hydrogen) atoms. The lowest BCUT2D eigenvalue weighted by Crippen LogP contribution is -2.09. The number of aromatic nitrogens is 5. The molecular weight excluding hydrogens is 190 g/mol. The first kappa shape index (κ1) is 8.08.